The molecule has 0 bridgehead atoms. The van der Waals surface area contributed by atoms with Crippen LogP contribution in [0.5, 0.6) is 0 Å². The lowest BCUT2D eigenvalue weighted by Crippen LogP contribution is -2.38. The van der Waals surface area contributed by atoms with E-state index in [4.69, 9.17) is 10.00 Å². The number of nitriles is 1. The molecule has 0 fully saturated rings. The Bertz CT molecular complexity index is 224. The standard InChI is InChI=1S/C13H26N2O2/c1-11(2)8-15(7-5-6-14)9-13(16)10-17-12(3)4/h11-13,16H,5,7-10H2,1-4H3. The molecule has 1 unspecified atom stereocenters. The van der Waals surface area contributed by atoms with Gasteiger partial charge in [0.15, 0.2) is 0 Å². The van der Waals surface area contributed by atoms with Crippen LogP contribution in [0.2, 0.25) is 0 Å². The molecule has 17 heavy (non-hydrogen) atoms. The van der Waals surface area contributed by atoms with Crippen LogP contribution in [0.25, 0.3) is 0 Å². The van der Waals surface area contributed by atoms with Crippen LogP contribution in [-0.4, -0.2) is 48.5 Å². The average molecular weight is 242 g/mol. The topological polar surface area (TPSA) is 56.5 Å². The Morgan fingerprint density at radius 3 is 2.35 bits per heavy atom. The molecule has 0 spiro atoms. The maximum atomic E-state index is 9.83. The van der Waals surface area contributed by atoms with Crippen molar-refractivity contribution in [2.24, 2.45) is 5.92 Å². The van der Waals surface area contributed by atoms with Gasteiger partial charge < -0.3 is 9.84 Å². The number of aliphatic hydroxyl groups is 1. The lowest BCUT2D eigenvalue weighted by atomic mass is 10.2. The lowest BCUT2D eigenvalue weighted by molar-refractivity contribution is -0.00944. The Morgan fingerprint density at radius 2 is 1.88 bits per heavy atom. The minimum Gasteiger partial charge on any atom is -0.389 e. The van der Waals surface area contributed by atoms with Crippen molar-refractivity contribution in [3.05, 3.63) is 0 Å². The number of hydrogen-bond donors (Lipinski definition) is 1. The smallest absolute Gasteiger partial charge is 0.0900 e. The normalized spacial score (nSPS) is 13.4. The highest BCUT2D eigenvalue weighted by atomic mass is 16.5. The van der Waals surface area contributed by atoms with Gasteiger partial charge in [-0.3, -0.25) is 4.90 Å². The summed E-state index contributed by atoms with van der Waals surface area (Å²) in [5.41, 5.74) is 0. The zero-order valence-corrected chi connectivity index (χ0v) is 11.5. The predicted octanol–water partition coefficient (Wildman–Crippen LogP) is 1.64. The first-order chi connectivity index (χ1) is 7.95. The molecule has 100 valence electrons. The van der Waals surface area contributed by atoms with Gasteiger partial charge in [-0.25, -0.2) is 0 Å². The molecular weight excluding hydrogens is 216 g/mol. The summed E-state index contributed by atoms with van der Waals surface area (Å²) in [6.07, 6.45) is 0.168. The fourth-order valence-corrected chi connectivity index (χ4v) is 1.64. The van der Waals surface area contributed by atoms with Crippen LogP contribution in [0.15, 0.2) is 0 Å². The number of hydrogen-bond acceptors (Lipinski definition) is 4. The van der Waals surface area contributed by atoms with Crippen LogP contribution in [-0.2, 0) is 4.74 Å². The Kier molecular flexibility index (Phi) is 9.06. The zero-order valence-electron chi connectivity index (χ0n) is 11.5. The molecule has 0 heterocycles. The first-order valence-corrected chi connectivity index (χ1v) is 6.34. The molecule has 0 aliphatic heterocycles. The summed E-state index contributed by atoms with van der Waals surface area (Å²) < 4.78 is 5.37. The molecule has 1 N–H and O–H groups in total. The van der Waals surface area contributed by atoms with E-state index in [1.807, 2.05) is 13.8 Å². The van der Waals surface area contributed by atoms with Crippen LogP contribution >= 0.6 is 0 Å². The molecular formula is C13H26N2O2. The van der Waals surface area contributed by atoms with Crippen LogP contribution in [0.3, 0.4) is 0 Å². The van der Waals surface area contributed by atoms with Crippen molar-refractivity contribution in [2.45, 2.75) is 46.3 Å². The summed E-state index contributed by atoms with van der Waals surface area (Å²) in [6.45, 7) is 10.7. The molecule has 0 rings (SSSR count). The first kappa shape index (κ1) is 16.4. The van der Waals surface area contributed by atoms with Crippen LogP contribution in [0, 0.1) is 17.2 Å². The zero-order chi connectivity index (χ0) is 13.3. The SMILES string of the molecule is CC(C)CN(CCC#N)CC(O)COC(C)C. The maximum absolute atomic E-state index is 9.83. The Labute approximate surface area is 105 Å². The summed E-state index contributed by atoms with van der Waals surface area (Å²) in [6, 6.07) is 2.14. The van der Waals surface area contributed by atoms with Gasteiger partial charge in [-0.15, -0.1) is 0 Å². The van der Waals surface area contributed by atoms with Gasteiger partial charge in [0.1, 0.15) is 0 Å². The monoisotopic (exact) mass is 242 g/mol. The summed E-state index contributed by atoms with van der Waals surface area (Å²) in [7, 11) is 0. The van der Waals surface area contributed by atoms with Crippen molar-refractivity contribution in [3.8, 4) is 6.07 Å². The third-order valence-electron chi connectivity index (χ3n) is 2.25. The minimum absolute atomic E-state index is 0.141. The minimum atomic E-state index is -0.477. The highest BCUT2D eigenvalue weighted by Gasteiger charge is 2.13. The lowest BCUT2D eigenvalue weighted by Gasteiger charge is -2.26. The van der Waals surface area contributed by atoms with Gasteiger partial charge in [0.2, 0.25) is 0 Å². The van der Waals surface area contributed by atoms with Gasteiger partial charge >= 0.3 is 0 Å². The molecule has 0 aliphatic carbocycles. The van der Waals surface area contributed by atoms with E-state index in [2.05, 4.69) is 24.8 Å². The van der Waals surface area contributed by atoms with E-state index in [1.54, 1.807) is 0 Å². The van der Waals surface area contributed by atoms with Crippen molar-refractivity contribution in [3.63, 3.8) is 0 Å². The van der Waals surface area contributed by atoms with E-state index in [0.717, 1.165) is 6.54 Å². The van der Waals surface area contributed by atoms with E-state index >= 15 is 0 Å². The molecule has 0 aliphatic rings. The molecule has 0 aromatic heterocycles. The van der Waals surface area contributed by atoms with Crippen molar-refractivity contribution < 1.29 is 9.84 Å². The molecule has 1 atom stereocenters. The summed E-state index contributed by atoms with van der Waals surface area (Å²) in [5.74, 6) is 0.534. The summed E-state index contributed by atoms with van der Waals surface area (Å²) >= 11 is 0. The van der Waals surface area contributed by atoms with Crippen LogP contribution < -0.4 is 0 Å². The fourth-order valence-electron chi connectivity index (χ4n) is 1.64. The Hall–Kier alpha value is -0.630. The van der Waals surface area contributed by atoms with Gasteiger partial charge in [-0.2, -0.15) is 5.26 Å². The summed E-state index contributed by atoms with van der Waals surface area (Å²) in [4.78, 5) is 2.13. The van der Waals surface area contributed by atoms with Gasteiger partial charge in [0, 0.05) is 26.1 Å². The Balaban J connectivity index is 3.99. The van der Waals surface area contributed by atoms with E-state index in [1.165, 1.54) is 0 Å². The highest BCUT2D eigenvalue weighted by Crippen LogP contribution is 2.02. The molecule has 0 amide bonds. The van der Waals surface area contributed by atoms with Crippen molar-refractivity contribution in [1.29, 1.82) is 5.26 Å². The van der Waals surface area contributed by atoms with E-state index in [0.29, 0.717) is 32.0 Å². The van der Waals surface area contributed by atoms with Crippen molar-refractivity contribution in [2.75, 3.05) is 26.2 Å². The van der Waals surface area contributed by atoms with Crippen molar-refractivity contribution in [1.82, 2.24) is 4.90 Å². The van der Waals surface area contributed by atoms with Gasteiger partial charge in [0.05, 0.1) is 24.9 Å². The number of nitrogens with zero attached hydrogens (tertiary/aromatic N) is 2. The molecule has 0 radical (unpaired) electrons. The van der Waals surface area contributed by atoms with Gasteiger partial charge in [-0.05, 0) is 19.8 Å². The predicted molar refractivity (Wildman–Crippen MR) is 68.6 cm³/mol. The molecule has 4 heteroatoms. The van der Waals surface area contributed by atoms with E-state index < -0.39 is 6.10 Å². The van der Waals surface area contributed by atoms with Gasteiger partial charge in [0.25, 0.3) is 0 Å². The number of aliphatic hydroxyl groups excluding tert-OH is 1. The third kappa shape index (κ3) is 10.3. The third-order valence-corrected chi connectivity index (χ3v) is 2.25. The molecule has 0 aromatic carbocycles. The van der Waals surface area contributed by atoms with E-state index in [-0.39, 0.29) is 6.10 Å². The van der Waals surface area contributed by atoms with Gasteiger partial charge in [-0.1, -0.05) is 13.8 Å². The van der Waals surface area contributed by atoms with Crippen molar-refractivity contribution >= 4 is 0 Å². The second-order valence-electron chi connectivity index (χ2n) is 5.10. The number of rotatable bonds is 9. The average Bonchev–Trinajstić information content (AvgIpc) is 2.22. The second-order valence-corrected chi connectivity index (χ2v) is 5.10. The molecule has 0 aromatic rings. The molecule has 0 saturated carbocycles. The first-order valence-electron chi connectivity index (χ1n) is 6.34. The maximum Gasteiger partial charge on any atom is 0.0900 e. The largest absolute Gasteiger partial charge is 0.389 e. The van der Waals surface area contributed by atoms with E-state index in [9.17, 15) is 5.11 Å². The highest BCUT2D eigenvalue weighted by molar-refractivity contribution is 4.74. The fraction of sp³-hybridized carbons (Fsp3) is 0.923. The quantitative estimate of drug-likeness (QED) is 0.668. The second kappa shape index (κ2) is 9.41. The molecule has 0 saturated heterocycles. The molecule has 4 nitrogen and oxygen atoms in total. The van der Waals surface area contributed by atoms with Crippen LogP contribution in [0.4, 0.5) is 0 Å². The Morgan fingerprint density at radius 1 is 1.24 bits per heavy atom. The number of ether oxygens (including phenoxy) is 1. The van der Waals surface area contributed by atoms with Crippen LogP contribution in [0.1, 0.15) is 34.1 Å². The summed E-state index contributed by atoms with van der Waals surface area (Å²) in [5, 5.41) is 18.4.